The van der Waals surface area contributed by atoms with E-state index in [1.807, 2.05) is 24.3 Å². The Balaban J connectivity index is 0.00000280. The van der Waals surface area contributed by atoms with Crippen LogP contribution in [0, 0.1) is 0 Å². The van der Waals surface area contributed by atoms with Gasteiger partial charge in [-0.05, 0) is 29.8 Å². The Morgan fingerprint density at radius 3 is 2.79 bits per heavy atom. The summed E-state index contributed by atoms with van der Waals surface area (Å²) < 4.78 is 15.8. The molecule has 0 aliphatic rings. The average Bonchev–Trinajstić information content (AvgIpc) is 3.37. The number of guanidine groups is 1. The molecule has 9 nitrogen and oxygen atoms in total. The fraction of sp³-hybridized carbons (Fsp3) is 0.278. The van der Waals surface area contributed by atoms with Crippen molar-refractivity contribution in [2.75, 3.05) is 20.8 Å². The van der Waals surface area contributed by atoms with Gasteiger partial charge in [-0.2, -0.15) is 5.10 Å². The van der Waals surface area contributed by atoms with E-state index in [-0.39, 0.29) is 24.0 Å². The summed E-state index contributed by atoms with van der Waals surface area (Å²) >= 11 is 0. The number of hydrogen-bond acceptors (Lipinski definition) is 6. The van der Waals surface area contributed by atoms with Crippen LogP contribution >= 0.6 is 24.0 Å². The van der Waals surface area contributed by atoms with Gasteiger partial charge >= 0.3 is 0 Å². The summed E-state index contributed by atoms with van der Waals surface area (Å²) in [5.41, 5.74) is 6.88. The number of benzene rings is 1. The zero-order valence-corrected chi connectivity index (χ0v) is 18.0. The third kappa shape index (κ3) is 5.62. The summed E-state index contributed by atoms with van der Waals surface area (Å²) in [4.78, 5) is 8.70. The molecule has 1 aromatic carbocycles. The quantitative estimate of drug-likeness (QED) is 0.248. The van der Waals surface area contributed by atoms with Crippen molar-refractivity contribution in [1.29, 1.82) is 0 Å². The number of nitrogens with zero attached hydrogens (tertiary/aromatic N) is 3. The molecule has 0 spiro atoms. The maximum Gasteiger partial charge on any atom is 0.216 e. The third-order valence-electron chi connectivity index (χ3n) is 3.82. The first kappa shape index (κ1) is 21.5. The molecule has 0 aliphatic carbocycles. The van der Waals surface area contributed by atoms with Crippen LogP contribution < -0.4 is 20.5 Å². The number of ether oxygens (including phenoxy) is 2. The van der Waals surface area contributed by atoms with Gasteiger partial charge in [-0.3, -0.25) is 5.10 Å². The molecule has 0 bridgehead atoms. The van der Waals surface area contributed by atoms with E-state index in [9.17, 15) is 0 Å². The molecule has 10 heteroatoms. The topological polar surface area (TPSA) is 124 Å². The Labute approximate surface area is 179 Å². The molecule has 0 amide bonds. The van der Waals surface area contributed by atoms with Crippen LogP contribution in [0.1, 0.15) is 11.4 Å². The van der Waals surface area contributed by atoms with Gasteiger partial charge in [-0.25, -0.2) is 9.98 Å². The van der Waals surface area contributed by atoms with Crippen LogP contribution in [-0.4, -0.2) is 41.9 Å². The molecule has 28 heavy (non-hydrogen) atoms. The van der Waals surface area contributed by atoms with Crippen molar-refractivity contribution in [1.82, 2.24) is 20.5 Å². The lowest BCUT2D eigenvalue weighted by Gasteiger charge is -2.09. The van der Waals surface area contributed by atoms with E-state index in [2.05, 4.69) is 25.5 Å². The number of aromatic nitrogens is 3. The molecule has 0 radical (unpaired) electrons. The average molecular weight is 498 g/mol. The van der Waals surface area contributed by atoms with Crippen LogP contribution in [0.5, 0.6) is 11.5 Å². The minimum atomic E-state index is 0. The number of nitrogens with one attached hydrogen (secondary N) is 2. The number of furan rings is 1. The number of aromatic amines is 1. The van der Waals surface area contributed by atoms with Crippen LogP contribution in [0.3, 0.4) is 0 Å². The standard InChI is InChI=1S/C18H22N6O3.HI/c1-25-13-6-5-12(10-15(13)26-2)11-21-18(19)20-8-7-16-22-17(24-23-16)14-4-3-9-27-14;/h3-6,9-10H,7-8,11H2,1-2H3,(H3,19,20,21)(H,22,23,24);1H. The molecule has 0 fully saturated rings. The maximum atomic E-state index is 5.92. The van der Waals surface area contributed by atoms with E-state index in [0.717, 1.165) is 11.4 Å². The van der Waals surface area contributed by atoms with Crippen LogP contribution in [0.25, 0.3) is 11.6 Å². The molecule has 0 saturated carbocycles. The lowest BCUT2D eigenvalue weighted by atomic mass is 10.2. The van der Waals surface area contributed by atoms with E-state index in [1.54, 1.807) is 26.5 Å². The summed E-state index contributed by atoms with van der Waals surface area (Å²) in [6.45, 7) is 1.01. The molecule has 3 rings (SSSR count). The molecule has 3 aromatic rings. The van der Waals surface area contributed by atoms with Crippen molar-refractivity contribution < 1.29 is 13.9 Å². The van der Waals surface area contributed by atoms with Gasteiger partial charge in [0, 0.05) is 13.0 Å². The van der Waals surface area contributed by atoms with Gasteiger partial charge in [-0.1, -0.05) is 6.07 Å². The summed E-state index contributed by atoms with van der Waals surface area (Å²) in [5.74, 6) is 3.59. The number of methoxy groups -OCH3 is 2. The van der Waals surface area contributed by atoms with Gasteiger partial charge in [-0.15, -0.1) is 24.0 Å². The zero-order valence-electron chi connectivity index (χ0n) is 15.6. The van der Waals surface area contributed by atoms with Crippen molar-refractivity contribution in [3.8, 4) is 23.1 Å². The second kappa shape index (κ2) is 10.5. The first-order valence-electron chi connectivity index (χ1n) is 8.39. The van der Waals surface area contributed by atoms with Crippen molar-refractivity contribution in [2.24, 2.45) is 10.7 Å². The Kier molecular flexibility index (Phi) is 8.11. The highest BCUT2D eigenvalue weighted by Gasteiger charge is 2.08. The van der Waals surface area contributed by atoms with E-state index in [1.165, 1.54) is 0 Å². The fourth-order valence-corrected chi connectivity index (χ4v) is 2.44. The molecule has 0 atom stereocenters. The van der Waals surface area contributed by atoms with E-state index in [4.69, 9.17) is 19.6 Å². The van der Waals surface area contributed by atoms with Gasteiger partial charge in [0.05, 0.1) is 27.0 Å². The second-order valence-electron chi connectivity index (χ2n) is 5.65. The summed E-state index contributed by atoms with van der Waals surface area (Å²) in [6.07, 6.45) is 2.21. The third-order valence-corrected chi connectivity index (χ3v) is 3.82. The number of halogens is 1. The zero-order chi connectivity index (χ0) is 19.1. The summed E-state index contributed by atoms with van der Waals surface area (Å²) in [7, 11) is 3.20. The van der Waals surface area contributed by atoms with E-state index < -0.39 is 0 Å². The molecule has 2 aromatic heterocycles. The minimum Gasteiger partial charge on any atom is -0.493 e. The van der Waals surface area contributed by atoms with E-state index in [0.29, 0.717) is 48.6 Å². The maximum absolute atomic E-state index is 5.92. The van der Waals surface area contributed by atoms with Crippen LogP contribution in [0.2, 0.25) is 0 Å². The molecular formula is C18H23IN6O3. The highest BCUT2D eigenvalue weighted by Crippen LogP contribution is 2.27. The Morgan fingerprint density at radius 1 is 1.25 bits per heavy atom. The lowest BCUT2D eigenvalue weighted by Crippen LogP contribution is -2.33. The highest BCUT2D eigenvalue weighted by molar-refractivity contribution is 14.0. The highest BCUT2D eigenvalue weighted by atomic mass is 127. The number of aliphatic imine (C=N–C) groups is 1. The monoisotopic (exact) mass is 498 g/mol. The predicted octanol–water partition coefficient (Wildman–Crippen LogP) is 2.35. The predicted molar refractivity (Wildman–Crippen MR) is 116 cm³/mol. The minimum absolute atomic E-state index is 0. The largest absolute Gasteiger partial charge is 0.493 e. The molecular weight excluding hydrogens is 475 g/mol. The summed E-state index contributed by atoms with van der Waals surface area (Å²) in [6, 6.07) is 9.24. The normalized spacial score (nSPS) is 11.0. The number of nitrogens with two attached hydrogens (primary N) is 1. The van der Waals surface area contributed by atoms with Gasteiger partial charge in [0.25, 0.3) is 0 Å². The Morgan fingerprint density at radius 2 is 2.07 bits per heavy atom. The van der Waals surface area contributed by atoms with Crippen molar-refractivity contribution in [3.63, 3.8) is 0 Å². The van der Waals surface area contributed by atoms with Gasteiger partial charge in [0.2, 0.25) is 5.82 Å². The smallest absolute Gasteiger partial charge is 0.216 e. The lowest BCUT2D eigenvalue weighted by molar-refractivity contribution is 0.354. The summed E-state index contributed by atoms with van der Waals surface area (Å²) in [5, 5.41) is 10.1. The molecule has 0 unspecified atom stereocenters. The molecule has 4 N–H and O–H groups in total. The van der Waals surface area contributed by atoms with Crippen LogP contribution in [-0.2, 0) is 13.0 Å². The molecule has 0 aliphatic heterocycles. The van der Waals surface area contributed by atoms with Crippen LogP contribution in [0.15, 0.2) is 46.0 Å². The molecule has 2 heterocycles. The molecule has 150 valence electrons. The van der Waals surface area contributed by atoms with Crippen molar-refractivity contribution in [2.45, 2.75) is 13.0 Å². The first-order chi connectivity index (χ1) is 13.2. The van der Waals surface area contributed by atoms with Crippen LogP contribution in [0.4, 0.5) is 0 Å². The SMILES string of the molecule is COc1ccc(CN=C(N)NCCc2nc(-c3ccco3)n[nH]2)cc1OC.I. The van der Waals surface area contributed by atoms with Gasteiger partial charge in [0.1, 0.15) is 5.82 Å². The molecule has 0 saturated heterocycles. The number of hydrogen-bond donors (Lipinski definition) is 3. The van der Waals surface area contributed by atoms with E-state index >= 15 is 0 Å². The number of H-pyrrole nitrogens is 1. The fourth-order valence-electron chi connectivity index (χ4n) is 2.44. The first-order valence-corrected chi connectivity index (χ1v) is 8.39. The number of rotatable bonds is 8. The second-order valence-corrected chi connectivity index (χ2v) is 5.65. The van der Waals surface area contributed by atoms with Gasteiger partial charge in [0.15, 0.2) is 23.2 Å². The van der Waals surface area contributed by atoms with Gasteiger partial charge < -0.3 is 24.9 Å². The van der Waals surface area contributed by atoms with Crippen molar-refractivity contribution in [3.05, 3.63) is 48.0 Å². The Bertz CT molecular complexity index is 895. The van der Waals surface area contributed by atoms with Crippen molar-refractivity contribution >= 4 is 29.9 Å². The Hall–Kier alpha value is -2.76.